The van der Waals surface area contributed by atoms with Crippen molar-refractivity contribution in [1.29, 1.82) is 0 Å². The molecule has 1 fully saturated rings. The van der Waals surface area contributed by atoms with Crippen molar-refractivity contribution in [3.05, 3.63) is 95.3 Å². The SMILES string of the molecule is CC(=O)Oc1ccccc1C(=O)N1CCCN(c2nc(C(Cc3ccc(N(C)C)cc3)c3ccc(N)cc3)ns2)CC1. The lowest BCUT2D eigenvalue weighted by Crippen LogP contribution is -2.35. The van der Waals surface area contributed by atoms with Gasteiger partial charge in [-0.1, -0.05) is 36.4 Å². The number of carbonyl (C=O) groups excluding carboxylic acids is 2. The Morgan fingerprint density at radius 1 is 0.976 bits per heavy atom. The van der Waals surface area contributed by atoms with E-state index in [-0.39, 0.29) is 17.6 Å². The summed E-state index contributed by atoms with van der Waals surface area (Å²) in [5.74, 6) is 0.449. The van der Waals surface area contributed by atoms with Gasteiger partial charge in [-0.2, -0.15) is 4.37 Å². The maximum Gasteiger partial charge on any atom is 0.308 e. The molecule has 2 N–H and O–H groups in total. The number of hydrogen-bond acceptors (Lipinski definition) is 9. The van der Waals surface area contributed by atoms with Crippen LogP contribution in [0.25, 0.3) is 0 Å². The van der Waals surface area contributed by atoms with Crippen molar-refractivity contribution < 1.29 is 14.3 Å². The molecule has 1 amide bonds. The highest BCUT2D eigenvalue weighted by Crippen LogP contribution is 2.31. The van der Waals surface area contributed by atoms with Crippen LogP contribution in [0.15, 0.2) is 72.8 Å². The van der Waals surface area contributed by atoms with E-state index in [0.717, 1.165) is 47.3 Å². The number of nitrogens with zero attached hydrogens (tertiary/aromatic N) is 5. The molecular formula is C32H36N6O3S. The largest absolute Gasteiger partial charge is 0.426 e. The van der Waals surface area contributed by atoms with Crippen LogP contribution in [0.3, 0.4) is 0 Å². The Morgan fingerprint density at radius 3 is 2.43 bits per heavy atom. The molecule has 0 aliphatic carbocycles. The van der Waals surface area contributed by atoms with Gasteiger partial charge >= 0.3 is 5.97 Å². The highest BCUT2D eigenvalue weighted by atomic mass is 32.1. The van der Waals surface area contributed by atoms with Crippen LogP contribution < -0.4 is 20.3 Å². The number of benzene rings is 3. The molecular weight excluding hydrogens is 548 g/mol. The number of aromatic nitrogens is 2. The van der Waals surface area contributed by atoms with E-state index in [0.29, 0.717) is 25.2 Å². The Kier molecular flexibility index (Phi) is 9.02. The highest BCUT2D eigenvalue weighted by molar-refractivity contribution is 7.09. The normalized spacial score (nSPS) is 14.3. The molecule has 1 atom stereocenters. The van der Waals surface area contributed by atoms with E-state index in [2.05, 4.69) is 46.2 Å². The molecule has 1 aliphatic rings. The van der Waals surface area contributed by atoms with Gasteiger partial charge in [-0.05, 0) is 60.4 Å². The summed E-state index contributed by atoms with van der Waals surface area (Å²) in [7, 11) is 4.07. The van der Waals surface area contributed by atoms with Crippen LogP contribution in [-0.2, 0) is 11.2 Å². The van der Waals surface area contributed by atoms with Crippen LogP contribution in [0.2, 0.25) is 0 Å². The van der Waals surface area contributed by atoms with Crippen LogP contribution in [0.4, 0.5) is 16.5 Å². The van der Waals surface area contributed by atoms with Gasteiger partial charge in [0.1, 0.15) is 5.75 Å². The van der Waals surface area contributed by atoms with Crippen molar-refractivity contribution in [2.75, 3.05) is 55.8 Å². The Hall–Kier alpha value is -4.44. The van der Waals surface area contributed by atoms with Gasteiger partial charge in [-0.3, -0.25) is 9.59 Å². The van der Waals surface area contributed by atoms with Crippen molar-refractivity contribution >= 4 is 39.9 Å². The molecule has 0 bridgehead atoms. The van der Waals surface area contributed by atoms with Crippen molar-refractivity contribution in [3.8, 4) is 5.75 Å². The van der Waals surface area contributed by atoms with Crippen LogP contribution in [0.1, 0.15) is 46.6 Å². The van der Waals surface area contributed by atoms with E-state index >= 15 is 0 Å². The molecule has 5 rings (SSSR count). The maximum atomic E-state index is 13.4. The molecule has 42 heavy (non-hydrogen) atoms. The van der Waals surface area contributed by atoms with E-state index in [1.807, 2.05) is 31.1 Å². The predicted octanol–water partition coefficient (Wildman–Crippen LogP) is 4.84. The first-order valence-electron chi connectivity index (χ1n) is 14.1. The minimum Gasteiger partial charge on any atom is -0.426 e. The molecule has 10 heteroatoms. The fourth-order valence-electron chi connectivity index (χ4n) is 5.12. The van der Waals surface area contributed by atoms with Crippen LogP contribution >= 0.6 is 11.5 Å². The van der Waals surface area contributed by atoms with E-state index < -0.39 is 5.97 Å². The number of nitrogens with two attached hydrogens (primary N) is 1. The summed E-state index contributed by atoms with van der Waals surface area (Å²) in [6, 6.07) is 23.4. The lowest BCUT2D eigenvalue weighted by Gasteiger charge is -2.22. The summed E-state index contributed by atoms with van der Waals surface area (Å²) in [4.78, 5) is 36.1. The first kappa shape index (κ1) is 29.1. The topological polar surface area (TPSA) is 105 Å². The Bertz CT molecular complexity index is 1520. The molecule has 9 nitrogen and oxygen atoms in total. The van der Waals surface area contributed by atoms with Crippen molar-refractivity contribution in [3.63, 3.8) is 0 Å². The number of carbonyl (C=O) groups is 2. The van der Waals surface area contributed by atoms with E-state index in [4.69, 9.17) is 19.8 Å². The first-order valence-corrected chi connectivity index (χ1v) is 14.8. The van der Waals surface area contributed by atoms with E-state index in [1.165, 1.54) is 24.0 Å². The summed E-state index contributed by atoms with van der Waals surface area (Å²) < 4.78 is 10.1. The smallest absolute Gasteiger partial charge is 0.308 e. The molecule has 1 saturated heterocycles. The highest BCUT2D eigenvalue weighted by Gasteiger charge is 2.26. The Balaban J connectivity index is 1.32. The van der Waals surface area contributed by atoms with Gasteiger partial charge in [0.2, 0.25) is 5.13 Å². The summed E-state index contributed by atoms with van der Waals surface area (Å²) in [5.41, 5.74) is 10.6. The molecule has 1 aliphatic heterocycles. The zero-order valence-corrected chi connectivity index (χ0v) is 25.0. The van der Waals surface area contributed by atoms with Gasteiger partial charge in [-0.25, -0.2) is 4.98 Å². The lowest BCUT2D eigenvalue weighted by atomic mass is 9.91. The maximum absolute atomic E-state index is 13.4. The average molecular weight is 585 g/mol. The van der Waals surface area contributed by atoms with E-state index in [9.17, 15) is 9.59 Å². The Labute approximate surface area is 250 Å². The molecule has 4 aromatic rings. The fraction of sp³-hybridized carbons (Fsp3) is 0.312. The second-order valence-electron chi connectivity index (χ2n) is 10.6. The summed E-state index contributed by atoms with van der Waals surface area (Å²) in [6.45, 7) is 3.87. The third-order valence-electron chi connectivity index (χ3n) is 7.40. The number of ether oxygens (including phenoxy) is 1. The number of rotatable bonds is 8. The molecule has 218 valence electrons. The van der Waals surface area contributed by atoms with Gasteiger partial charge in [0.05, 0.1) is 5.56 Å². The zero-order chi connectivity index (χ0) is 29.6. The number of para-hydroxylation sites is 1. The van der Waals surface area contributed by atoms with Gasteiger partial charge < -0.3 is 25.2 Å². The standard InChI is InChI=1S/C32H36N6O3S/c1-22(39)41-29-8-5-4-7-27(29)31(40)37-17-6-18-38(20-19-37)32-34-30(35-42-32)28(24-11-13-25(33)14-12-24)21-23-9-15-26(16-10-23)36(2)3/h4-5,7-16,28H,6,17-21,33H2,1-3H3. The first-order chi connectivity index (χ1) is 20.3. The summed E-state index contributed by atoms with van der Waals surface area (Å²) in [6.07, 6.45) is 1.55. The van der Waals surface area contributed by atoms with Crippen LogP contribution in [0, 0.1) is 0 Å². The molecule has 1 aromatic heterocycles. The van der Waals surface area contributed by atoms with Crippen LogP contribution in [0.5, 0.6) is 5.75 Å². The molecule has 0 spiro atoms. The summed E-state index contributed by atoms with van der Waals surface area (Å²) >= 11 is 1.40. The fourth-order valence-corrected chi connectivity index (χ4v) is 5.89. The second kappa shape index (κ2) is 13.0. The minimum atomic E-state index is -0.452. The molecule has 3 aromatic carbocycles. The zero-order valence-electron chi connectivity index (χ0n) is 24.2. The number of amides is 1. The monoisotopic (exact) mass is 584 g/mol. The van der Waals surface area contributed by atoms with Crippen molar-refractivity contribution in [2.24, 2.45) is 0 Å². The third kappa shape index (κ3) is 6.88. The average Bonchev–Trinajstić information content (AvgIpc) is 3.33. The quantitative estimate of drug-likeness (QED) is 0.178. The van der Waals surface area contributed by atoms with Gasteiger partial charge in [0.15, 0.2) is 5.82 Å². The second-order valence-corrected chi connectivity index (χ2v) is 11.4. The summed E-state index contributed by atoms with van der Waals surface area (Å²) in [5, 5.41) is 0.850. The molecule has 0 radical (unpaired) electrons. The predicted molar refractivity (Wildman–Crippen MR) is 168 cm³/mol. The molecule has 0 saturated carbocycles. The number of hydrogen-bond donors (Lipinski definition) is 1. The molecule has 1 unspecified atom stereocenters. The van der Waals surface area contributed by atoms with Gasteiger partial charge in [0, 0.05) is 76.0 Å². The minimum absolute atomic E-state index is 0.0244. The Morgan fingerprint density at radius 2 is 1.71 bits per heavy atom. The third-order valence-corrected chi connectivity index (χ3v) is 8.19. The lowest BCUT2D eigenvalue weighted by molar-refractivity contribution is -0.131. The van der Waals surface area contributed by atoms with Gasteiger partial charge in [0.25, 0.3) is 5.91 Å². The molecule has 2 heterocycles. The van der Waals surface area contributed by atoms with Crippen molar-refractivity contribution in [1.82, 2.24) is 14.3 Å². The number of anilines is 3. The van der Waals surface area contributed by atoms with Crippen LogP contribution in [-0.4, -0.2) is 66.4 Å². The van der Waals surface area contributed by atoms with Crippen molar-refractivity contribution in [2.45, 2.75) is 25.7 Å². The number of nitrogen functional groups attached to an aromatic ring is 1. The number of esters is 1. The van der Waals surface area contributed by atoms with E-state index in [1.54, 1.807) is 24.3 Å². The van der Waals surface area contributed by atoms with Gasteiger partial charge in [-0.15, -0.1) is 0 Å².